The van der Waals surface area contributed by atoms with Crippen molar-refractivity contribution in [3.8, 4) is 5.75 Å². The van der Waals surface area contributed by atoms with E-state index in [1.807, 2.05) is 26.8 Å². The van der Waals surface area contributed by atoms with Gasteiger partial charge < -0.3 is 15.2 Å². The highest BCUT2D eigenvalue weighted by Gasteiger charge is 2.27. The molecule has 0 aromatic heterocycles. The van der Waals surface area contributed by atoms with Crippen LogP contribution >= 0.6 is 0 Å². The topological polar surface area (TPSA) is 58.6 Å². The van der Waals surface area contributed by atoms with Crippen molar-refractivity contribution >= 4 is 17.2 Å². The molecule has 1 heterocycles. The number of carbonyl (C=O) groups is 1. The Bertz CT molecular complexity index is 544. The molecule has 0 bridgehead atoms. The lowest BCUT2D eigenvalue weighted by Crippen LogP contribution is -2.32. The third-order valence-electron chi connectivity index (χ3n) is 3.03. The van der Waals surface area contributed by atoms with E-state index in [1.54, 1.807) is 6.07 Å². The van der Waals surface area contributed by atoms with Gasteiger partial charge in [0.25, 0.3) is 0 Å². The summed E-state index contributed by atoms with van der Waals surface area (Å²) >= 11 is 0. The Balaban J connectivity index is 2.70. The minimum atomic E-state index is -0.955. The van der Waals surface area contributed by atoms with Gasteiger partial charge in [-0.2, -0.15) is 0 Å². The third kappa shape index (κ3) is 2.06. The Hall–Kier alpha value is -1.97. The zero-order valence-corrected chi connectivity index (χ0v) is 11.0. The molecule has 18 heavy (non-hydrogen) atoms. The second-order valence-corrected chi connectivity index (χ2v) is 5.08. The molecule has 0 fully saturated rings. The van der Waals surface area contributed by atoms with Crippen molar-refractivity contribution in [2.24, 2.45) is 0 Å². The second-order valence-electron chi connectivity index (χ2n) is 5.08. The normalized spacial score (nSPS) is 16.3. The first-order valence-electron chi connectivity index (χ1n) is 5.77. The number of fused-ring (bicyclic) bond motifs is 1. The molecule has 2 N–H and O–H groups in total. The van der Waals surface area contributed by atoms with Crippen molar-refractivity contribution < 1.29 is 14.6 Å². The first kappa shape index (κ1) is 12.5. The summed E-state index contributed by atoms with van der Waals surface area (Å²) in [5.74, 6) is -0.399. The van der Waals surface area contributed by atoms with Crippen LogP contribution in [0, 0.1) is 0 Å². The van der Waals surface area contributed by atoms with Crippen LogP contribution in [0.25, 0.3) is 5.57 Å². The molecule has 0 saturated heterocycles. The zero-order chi connectivity index (χ0) is 13.5. The summed E-state index contributed by atoms with van der Waals surface area (Å²) in [6.07, 6.45) is 2.08. The van der Waals surface area contributed by atoms with Crippen LogP contribution in [-0.4, -0.2) is 23.7 Å². The number of hydrogen-bond donors (Lipinski definition) is 2. The SMILES string of the molecule is COc1cc(C(=O)O)c2c(c1)C(C)=CC(C)(C)N2. The lowest BCUT2D eigenvalue weighted by atomic mass is 9.89. The molecule has 0 spiro atoms. The van der Waals surface area contributed by atoms with Crippen LogP contribution < -0.4 is 10.1 Å². The van der Waals surface area contributed by atoms with Gasteiger partial charge in [-0.25, -0.2) is 4.79 Å². The minimum Gasteiger partial charge on any atom is -0.497 e. The van der Waals surface area contributed by atoms with Gasteiger partial charge in [-0.05, 0) is 38.5 Å². The molecule has 2 rings (SSSR count). The van der Waals surface area contributed by atoms with Crippen molar-refractivity contribution in [2.75, 3.05) is 12.4 Å². The van der Waals surface area contributed by atoms with Crippen molar-refractivity contribution in [3.05, 3.63) is 29.3 Å². The highest BCUT2D eigenvalue weighted by atomic mass is 16.5. The van der Waals surface area contributed by atoms with Crippen molar-refractivity contribution in [2.45, 2.75) is 26.3 Å². The summed E-state index contributed by atoms with van der Waals surface area (Å²) in [5, 5.41) is 12.6. The molecular weight excluding hydrogens is 230 g/mol. The highest BCUT2D eigenvalue weighted by Crippen LogP contribution is 2.38. The van der Waals surface area contributed by atoms with Crippen LogP contribution in [0.1, 0.15) is 36.7 Å². The average molecular weight is 247 g/mol. The second kappa shape index (κ2) is 4.05. The summed E-state index contributed by atoms with van der Waals surface area (Å²) in [6, 6.07) is 3.40. The molecular formula is C14H17NO3. The highest BCUT2D eigenvalue weighted by molar-refractivity contribution is 5.99. The summed E-state index contributed by atoms with van der Waals surface area (Å²) in [6.45, 7) is 6.00. The van der Waals surface area contributed by atoms with Gasteiger partial charge >= 0.3 is 5.97 Å². The number of anilines is 1. The van der Waals surface area contributed by atoms with Crippen LogP contribution in [0.5, 0.6) is 5.75 Å². The van der Waals surface area contributed by atoms with E-state index >= 15 is 0 Å². The van der Waals surface area contributed by atoms with Gasteiger partial charge in [0.1, 0.15) is 5.75 Å². The molecule has 96 valence electrons. The summed E-state index contributed by atoms with van der Waals surface area (Å²) < 4.78 is 5.15. The first-order chi connectivity index (χ1) is 8.34. The van der Waals surface area contributed by atoms with Crippen molar-refractivity contribution in [1.29, 1.82) is 0 Å². The van der Waals surface area contributed by atoms with E-state index in [9.17, 15) is 9.90 Å². The van der Waals surface area contributed by atoms with E-state index in [2.05, 4.69) is 11.4 Å². The maximum atomic E-state index is 11.3. The molecule has 1 aliphatic rings. The van der Waals surface area contributed by atoms with Crippen LogP contribution in [0.15, 0.2) is 18.2 Å². The molecule has 1 aromatic carbocycles. The van der Waals surface area contributed by atoms with E-state index in [1.165, 1.54) is 7.11 Å². The molecule has 0 radical (unpaired) electrons. The first-order valence-corrected chi connectivity index (χ1v) is 5.77. The summed E-state index contributed by atoms with van der Waals surface area (Å²) in [4.78, 5) is 11.3. The number of nitrogens with one attached hydrogen (secondary N) is 1. The van der Waals surface area contributed by atoms with Crippen LogP contribution in [-0.2, 0) is 0 Å². The number of hydrogen-bond acceptors (Lipinski definition) is 3. The molecule has 0 unspecified atom stereocenters. The molecule has 4 nitrogen and oxygen atoms in total. The van der Waals surface area contributed by atoms with E-state index in [4.69, 9.17) is 4.74 Å². The fourth-order valence-corrected chi connectivity index (χ4v) is 2.33. The molecule has 0 amide bonds. The van der Waals surface area contributed by atoms with Gasteiger partial charge in [0.2, 0.25) is 0 Å². The number of allylic oxidation sites excluding steroid dienone is 1. The lowest BCUT2D eigenvalue weighted by Gasteiger charge is -2.32. The largest absolute Gasteiger partial charge is 0.497 e. The molecule has 4 heteroatoms. The maximum Gasteiger partial charge on any atom is 0.337 e. The van der Waals surface area contributed by atoms with E-state index < -0.39 is 5.97 Å². The lowest BCUT2D eigenvalue weighted by molar-refractivity contribution is 0.0697. The predicted molar refractivity (Wildman–Crippen MR) is 71.3 cm³/mol. The standard InChI is InChI=1S/C14H17NO3/c1-8-7-14(2,3)15-12-10(8)5-9(18-4)6-11(12)13(16)17/h5-7,15H,1-4H3,(H,16,17). The molecule has 0 saturated carbocycles. The number of benzene rings is 1. The number of ether oxygens (including phenoxy) is 1. The number of aromatic carboxylic acids is 1. The van der Waals surface area contributed by atoms with Crippen LogP contribution in [0.4, 0.5) is 5.69 Å². The molecule has 0 aliphatic carbocycles. The van der Waals surface area contributed by atoms with E-state index in [0.29, 0.717) is 11.4 Å². The van der Waals surface area contributed by atoms with Crippen LogP contribution in [0.3, 0.4) is 0 Å². The maximum absolute atomic E-state index is 11.3. The fraction of sp³-hybridized carbons (Fsp3) is 0.357. The number of methoxy groups -OCH3 is 1. The molecule has 1 aromatic rings. The van der Waals surface area contributed by atoms with Gasteiger partial charge in [-0.15, -0.1) is 0 Å². The minimum absolute atomic E-state index is 0.241. The Morgan fingerprint density at radius 3 is 2.61 bits per heavy atom. The Kier molecular flexibility index (Phi) is 2.81. The number of carboxylic acids is 1. The van der Waals surface area contributed by atoms with Gasteiger partial charge in [0.15, 0.2) is 0 Å². The smallest absolute Gasteiger partial charge is 0.337 e. The van der Waals surface area contributed by atoms with Crippen LogP contribution in [0.2, 0.25) is 0 Å². The van der Waals surface area contributed by atoms with E-state index in [0.717, 1.165) is 11.1 Å². The van der Waals surface area contributed by atoms with E-state index in [-0.39, 0.29) is 11.1 Å². The third-order valence-corrected chi connectivity index (χ3v) is 3.03. The zero-order valence-electron chi connectivity index (χ0n) is 11.0. The van der Waals surface area contributed by atoms with Crippen molar-refractivity contribution in [1.82, 2.24) is 0 Å². The average Bonchev–Trinajstić information content (AvgIpc) is 2.26. The summed E-state index contributed by atoms with van der Waals surface area (Å²) in [7, 11) is 1.53. The number of rotatable bonds is 2. The predicted octanol–water partition coefficient (Wildman–Crippen LogP) is 3.00. The monoisotopic (exact) mass is 247 g/mol. The van der Waals surface area contributed by atoms with Gasteiger partial charge in [0.05, 0.1) is 23.9 Å². The molecule has 1 aliphatic heterocycles. The Morgan fingerprint density at radius 2 is 2.06 bits per heavy atom. The quantitative estimate of drug-likeness (QED) is 0.843. The van der Waals surface area contributed by atoms with Gasteiger partial charge in [-0.3, -0.25) is 0 Å². The number of carboxylic acid groups (broad SMARTS) is 1. The molecule has 0 atom stereocenters. The summed E-state index contributed by atoms with van der Waals surface area (Å²) in [5.41, 5.74) is 2.58. The fourth-order valence-electron chi connectivity index (χ4n) is 2.33. The van der Waals surface area contributed by atoms with Gasteiger partial charge in [0, 0.05) is 5.56 Å². The van der Waals surface area contributed by atoms with Crippen molar-refractivity contribution in [3.63, 3.8) is 0 Å². The Morgan fingerprint density at radius 1 is 1.39 bits per heavy atom. The Labute approximate surface area is 106 Å². The van der Waals surface area contributed by atoms with Gasteiger partial charge in [-0.1, -0.05) is 6.08 Å².